The lowest BCUT2D eigenvalue weighted by molar-refractivity contribution is 0.891. The van der Waals surface area contributed by atoms with Gasteiger partial charge in [-0.05, 0) is 31.0 Å². The summed E-state index contributed by atoms with van der Waals surface area (Å²) < 4.78 is 3.36. The number of aromatic nitrogens is 4. The zero-order valence-electron chi connectivity index (χ0n) is 12.0. The highest BCUT2D eigenvalue weighted by atomic mass is 32.2. The Labute approximate surface area is 126 Å². The van der Waals surface area contributed by atoms with Crippen molar-refractivity contribution in [2.75, 3.05) is 5.75 Å². The van der Waals surface area contributed by atoms with Crippen molar-refractivity contribution in [2.24, 2.45) is 0 Å². The van der Waals surface area contributed by atoms with Gasteiger partial charge in [-0.15, -0.1) is 10.2 Å². The van der Waals surface area contributed by atoms with Gasteiger partial charge >= 0.3 is 5.56 Å². The molecule has 0 radical (unpaired) electrons. The summed E-state index contributed by atoms with van der Waals surface area (Å²) in [7, 11) is 0. The lowest BCUT2D eigenvalue weighted by atomic mass is 10.2. The topological polar surface area (TPSA) is 52.2 Å². The molecule has 0 aliphatic carbocycles. The van der Waals surface area contributed by atoms with E-state index in [0.717, 1.165) is 28.6 Å². The molecule has 0 N–H and O–H groups in total. The number of benzene rings is 1. The summed E-state index contributed by atoms with van der Waals surface area (Å²) in [6.07, 6.45) is 4.67. The van der Waals surface area contributed by atoms with Crippen molar-refractivity contribution in [1.82, 2.24) is 19.2 Å². The van der Waals surface area contributed by atoms with Crippen LogP contribution in [0.2, 0.25) is 0 Å². The van der Waals surface area contributed by atoms with Crippen LogP contribution in [-0.4, -0.2) is 24.9 Å². The Balaban J connectivity index is 2.11. The fourth-order valence-corrected chi connectivity index (χ4v) is 2.91. The number of rotatable bonds is 4. The maximum atomic E-state index is 12.6. The molecule has 0 aliphatic heterocycles. The van der Waals surface area contributed by atoms with Gasteiger partial charge in [0.25, 0.3) is 0 Å². The van der Waals surface area contributed by atoms with Gasteiger partial charge in [-0.2, -0.15) is 0 Å². The minimum atomic E-state index is -0.154. The van der Waals surface area contributed by atoms with E-state index < -0.39 is 0 Å². The molecule has 0 amide bonds. The number of thioether (sulfide) groups is 1. The molecule has 21 heavy (non-hydrogen) atoms. The monoisotopic (exact) mass is 300 g/mol. The van der Waals surface area contributed by atoms with Gasteiger partial charge in [-0.25, -0.2) is 0 Å². The molecule has 0 bridgehead atoms. The summed E-state index contributed by atoms with van der Waals surface area (Å²) >= 11 is 1.61. The van der Waals surface area contributed by atoms with Crippen LogP contribution in [0.25, 0.3) is 11.3 Å². The van der Waals surface area contributed by atoms with E-state index in [1.54, 1.807) is 26.9 Å². The van der Waals surface area contributed by atoms with E-state index >= 15 is 0 Å². The highest BCUT2D eigenvalue weighted by Crippen LogP contribution is 2.16. The van der Waals surface area contributed by atoms with E-state index in [0.29, 0.717) is 5.65 Å². The molecule has 2 heterocycles. The van der Waals surface area contributed by atoms with Crippen LogP contribution in [0.1, 0.15) is 18.9 Å². The summed E-state index contributed by atoms with van der Waals surface area (Å²) in [6, 6.07) is 7.83. The standard InChI is InChI=1S/C15H16N4OS/c1-3-9-21-15-17-16-13-14(20)18(7-8-19(13)15)12-6-4-5-11(2)10-12/h4-8,10H,3,9H2,1-2H3. The van der Waals surface area contributed by atoms with Crippen molar-refractivity contribution in [3.63, 3.8) is 0 Å². The first-order valence-corrected chi connectivity index (χ1v) is 7.85. The van der Waals surface area contributed by atoms with Gasteiger partial charge in [0.05, 0.1) is 0 Å². The lowest BCUT2D eigenvalue weighted by Crippen LogP contribution is -2.20. The Bertz CT molecular complexity index is 837. The number of fused-ring (bicyclic) bond motifs is 1. The van der Waals surface area contributed by atoms with Crippen molar-refractivity contribution in [2.45, 2.75) is 25.4 Å². The van der Waals surface area contributed by atoms with E-state index in [2.05, 4.69) is 17.1 Å². The van der Waals surface area contributed by atoms with Gasteiger partial charge < -0.3 is 0 Å². The SMILES string of the molecule is CCCSc1nnc2c(=O)n(-c3cccc(C)c3)ccn12. The van der Waals surface area contributed by atoms with Crippen molar-refractivity contribution in [3.05, 3.63) is 52.6 Å². The summed E-state index contributed by atoms with van der Waals surface area (Å²) in [5, 5.41) is 8.91. The van der Waals surface area contributed by atoms with E-state index in [4.69, 9.17) is 0 Å². The van der Waals surface area contributed by atoms with Crippen molar-refractivity contribution in [1.29, 1.82) is 0 Å². The largest absolute Gasteiger partial charge is 0.300 e. The van der Waals surface area contributed by atoms with Gasteiger partial charge in [-0.1, -0.05) is 30.8 Å². The van der Waals surface area contributed by atoms with Gasteiger partial charge in [0.1, 0.15) is 0 Å². The smallest absolute Gasteiger partial charge is 0.280 e. The summed E-state index contributed by atoms with van der Waals surface area (Å²) in [5.74, 6) is 0.960. The van der Waals surface area contributed by atoms with E-state index in [1.165, 1.54) is 0 Å². The number of hydrogen-bond donors (Lipinski definition) is 0. The van der Waals surface area contributed by atoms with Crippen LogP contribution in [0.4, 0.5) is 0 Å². The Morgan fingerprint density at radius 2 is 2.10 bits per heavy atom. The second-order valence-electron chi connectivity index (χ2n) is 4.84. The lowest BCUT2D eigenvalue weighted by Gasteiger charge is -2.07. The third-order valence-electron chi connectivity index (χ3n) is 3.15. The zero-order chi connectivity index (χ0) is 14.8. The molecule has 3 aromatic rings. The molecule has 3 rings (SSSR count). The fourth-order valence-electron chi connectivity index (χ4n) is 2.14. The molecule has 0 atom stereocenters. The van der Waals surface area contributed by atoms with E-state index in [1.807, 2.05) is 37.4 Å². The minimum Gasteiger partial charge on any atom is -0.280 e. The first-order chi connectivity index (χ1) is 10.2. The number of aryl methyl sites for hydroxylation is 1. The maximum absolute atomic E-state index is 12.6. The van der Waals surface area contributed by atoms with Crippen LogP contribution in [0.15, 0.2) is 46.6 Å². The molecule has 0 saturated carbocycles. The molecule has 1 aromatic carbocycles. The van der Waals surface area contributed by atoms with Gasteiger partial charge in [0, 0.05) is 23.8 Å². The predicted octanol–water partition coefficient (Wildman–Crippen LogP) is 2.69. The fraction of sp³-hybridized carbons (Fsp3) is 0.267. The quantitative estimate of drug-likeness (QED) is 0.695. The summed E-state index contributed by atoms with van der Waals surface area (Å²) in [4.78, 5) is 12.6. The summed E-state index contributed by atoms with van der Waals surface area (Å²) in [5.41, 5.74) is 2.16. The normalized spacial score (nSPS) is 11.1. The van der Waals surface area contributed by atoms with Crippen molar-refractivity contribution < 1.29 is 0 Å². The Morgan fingerprint density at radius 1 is 1.24 bits per heavy atom. The molecule has 0 aliphatic rings. The Hall–Kier alpha value is -2.08. The molecule has 5 nitrogen and oxygen atoms in total. The van der Waals surface area contributed by atoms with Crippen LogP contribution in [-0.2, 0) is 0 Å². The van der Waals surface area contributed by atoms with E-state index in [9.17, 15) is 4.79 Å². The summed E-state index contributed by atoms with van der Waals surface area (Å²) in [6.45, 7) is 4.12. The molecule has 0 saturated heterocycles. The van der Waals surface area contributed by atoms with Crippen LogP contribution in [0.5, 0.6) is 0 Å². The molecular formula is C15H16N4OS. The minimum absolute atomic E-state index is 0.154. The Kier molecular flexibility index (Phi) is 3.79. The van der Waals surface area contributed by atoms with Crippen molar-refractivity contribution in [3.8, 4) is 5.69 Å². The molecule has 2 aromatic heterocycles. The first-order valence-electron chi connectivity index (χ1n) is 6.87. The molecule has 0 spiro atoms. The van der Waals surface area contributed by atoms with E-state index in [-0.39, 0.29) is 5.56 Å². The number of hydrogen-bond acceptors (Lipinski definition) is 4. The third-order valence-corrected chi connectivity index (χ3v) is 4.30. The molecular weight excluding hydrogens is 284 g/mol. The average molecular weight is 300 g/mol. The zero-order valence-corrected chi connectivity index (χ0v) is 12.8. The van der Waals surface area contributed by atoms with Crippen LogP contribution in [0.3, 0.4) is 0 Å². The van der Waals surface area contributed by atoms with Crippen LogP contribution >= 0.6 is 11.8 Å². The third kappa shape index (κ3) is 2.58. The predicted molar refractivity (Wildman–Crippen MR) is 84.3 cm³/mol. The van der Waals surface area contributed by atoms with Crippen LogP contribution < -0.4 is 5.56 Å². The second-order valence-corrected chi connectivity index (χ2v) is 5.90. The molecule has 0 unspecified atom stereocenters. The number of nitrogens with zero attached hydrogens (tertiary/aromatic N) is 4. The Morgan fingerprint density at radius 3 is 2.86 bits per heavy atom. The van der Waals surface area contributed by atoms with Gasteiger partial charge in [-0.3, -0.25) is 13.8 Å². The maximum Gasteiger partial charge on any atom is 0.300 e. The molecule has 108 valence electrons. The molecule has 0 fully saturated rings. The van der Waals surface area contributed by atoms with Gasteiger partial charge in [0.2, 0.25) is 5.65 Å². The average Bonchev–Trinajstić information content (AvgIpc) is 2.89. The molecule has 6 heteroatoms. The highest BCUT2D eigenvalue weighted by Gasteiger charge is 2.11. The second kappa shape index (κ2) is 5.73. The van der Waals surface area contributed by atoms with Crippen molar-refractivity contribution >= 4 is 17.4 Å². The highest BCUT2D eigenvalue weighted by molar-refractivity contribution is 7.99. The first kappa shape index (κ1) is 13.9. The van der Waals surface area contributed by atoms with Crippen LogP contribution in [0, 0.1) is 6.92 Å². The van der Waals surface area contributed by atoms with Gasteiger partial charge in [0.15, 0.2) is 5.16 Å².